The van der Waals surface area contributed by atoms with Crippen LogP contribution >= 0.6 is 15.9 Å². The first-order valence-corrected chi connectivity index (χ1v) is 11.6. The minimum absolute atomic E-state index is 0.161. The maximum atomic E-state index is 6.63. The Hall–Kier alpha value is -1.32. The second kappa shape index (κ2) is 7.06. The molecule has 0 unspecified atom stereocenters. The van der Waals surface area contributed by atoms with Crippen LogP contribution in [0.4, 0.5) is 0 Å². The zero-order valence-corrected chi connectivity index (χ0v) is 17.1. The van der Waals surface area contributed by atoms with E-state index in [4.69, 9.17) is 4.43 Å². The highest BCUT2D eigenvalue weighted by Gasteiger charge is 2.39. The number of rotatable bonds is 4. The fraction of sp³-hybridized carbons (Fsp3) is 0.300. The average molecular weight is 389 g/mol. The van der Waals surface area contributed by atoms with Crippen LogP contribution in [-0.4, -0.2) is 8.32 Å². The monoisotopic (exact) mass is 388 g/mol. The molecule has 0 saturated carbocycles. The second-order valence-corrected chi connectivity index (χ2v) is 12.8. The van der Waals surface area contributed by atoms with Crippen molar-refractivity contribution in [1.29, 1.82) is 0 Å². The van der Waals surface area contributed by atoms with E-state index in [0.29, 0.717) is 0 Å². The van der Waals surface area contributed by atoms with Crippen LogP contribution < -0.4 is 0 Å². The standard InChI is InChI=1S/C20H25BrOSi/c1-20(2,3)23(4,5)22-19(16-11-7-6-8-12-16)15-17-13-9-10-14-18(17)21/h6-15H,1-5H3/b19-15-. The summed E-state index contributed by atoms with van der Waals surface area (Å²) in [7, 11) is -1.91. The highest BCUT2D eigenvalue weighted by atomic mass is 79.9. The molecule has 0 radical (unpaired) electrons. The van der Waals surface area contributed by atoms with Crippen LogP contribution in [0.2, 0.25) is 18.1 Å². The Morgan fingerprint density at radius 2 is 1.52 bits per heavy atom. The lowest BCUT2D eigenvalue weighted by atomic mass is 10.1. The summed E-state index contributed by atoms with van der Waals surface area (Å²) in [4.78, 5) is 0. The summed E-state index contributed by atoms with van der Waals surface area (Å²) in [6.45, 7) is 11.4. The molecular formula is C20H25BrOSi. The van der Waals surface area contributed by atoms with Gasteiger partial charge in [0.1, 0.15) is 5.76 Å². The predicted octanol–water partition coefficient (Wildman–Crippen LogP) is 6.97. The third kappa shape index (κ3) is 4.58. The Balaban J connectivity index is 2.48. The van der Waals surface area contributed by atoms with Crippen molar-refractivity contribution in [2.75, 3.05) is 0 Å². The van der Waals surface area contributed by atoms with Crippen LogP contribution in [0.1, 0.15) is 31.9 Å². The number of hydrogen-bond donors (Lipinski definition) is 0. The molecule has 3 heteroatoms. The summed E-state index contributed by atoms with van der Waals surface area (Å²) in [5.41, 5.74) is 2.25. The molecule has 0 atom stereocenters. The molecule has 0 amide bonds. The molecule has 0 aliphatic heterocycles. The molecule has 0 heterocycles. The van der Waals surface area contributed by atoms with E-state index in [-0.39, 0.29) is 5.04 Å². The zero-order valence-electron chi connectivity index (χ0n) is 14.6. The molecule has 0 spiro atoms. The van der Waals surface area contributed by atoms with Crippen LogP contribution in [0, 0.1) is 0 Å². The fourth-order valence-electron chi connectivity index (χ4n) is 1.94. The third-order valence-electron chi connectivity index (χ3n) is 4.42. The molecule has 0 aromatic heterocycles. The minimum atomic E-state index is -1.91. The Morgan fingerprint density at radius 3 is 2.09 bits per heavy atom. The molecule has 0 saturated heterocycles. The number of benzene rings is 2. The van der Waals surface area contributed by atoms with Crippen molar-refractivity contribution >= 4 is 36.1 Å². The van der Waals surface area contributed by atoms with Crippen LogP contribution in [0.15, 0.2) is 59.1 Å². The molecular weight excluding hydrogens is 364 g/mol. The van der Waals surface area contributed by atoms with Crippen LogP contribution in [0.3, 0.4) is 0 Å². The summed E-state index contributed by atoms with van der Waals surface area (Å²) in [5, 5.41) is 0.161. The van der Waals surface area contributed by atoms with Gasteiger partial charge in [-0.1, -0.05) is 85.2 Å². The van der Waals surface area contributed by atoms with Gasteiger partial charge >= 0.3 is 0 Å². The summed E-state index contributed by atoms with van der Waals surface area (Å²) in [6, 6.07) is 18.6. The van der Waals surface area contributed by atoms with E-state index in [0.717, 1.165) is 21.4 Å². The van der Waals surface area contributed by atoms with Gasteiger partial charge in [-0.3, -0.25) is 0 Å². The summed E-state index contributed by atoms with van der Waals surface area (Å²) >= 11 is 3.63. The maximum absolute atomic E-state index is 6.63. The van der Waals surface area contributed by atoms with Crippen molar-refractivity contribution in [3.05, 3.63) is 70.2 Å². The molecule has 0 aliphatic rings. The smallest absolute Gasteiger partial charge is 0.250 e. The molecule has 2 aromatic rings. The van der Waals surface area contributed by atoms with E-state index >= 15 is 0 Å². The van der Waals surface area contributed by atoms with Gasteiger partial charge in [0, 0.05) is 10.0 Å². The lowest BCUT2D eigenvalue weighted by molar-refractivity contribution is 0.460. The van der Waals surface area contributed by atoms with Crippen LogP contribution in [0.5, 0.6) is 0 Å². The zero-order chi connectivity index (χ0) is 17.1. The summed E-state index contributed by atoms with van der Waals surface area (Å²) in [6.07, 6.45) is 2.14. The van der Waals surface area contributed by atoms with Gasteiger partial charge in [-0.2, -0.15) is 0 Å². The van der Waals surface area contributed by atoms with Crippen molar-refractivity contribution in [2.45, 2.75) is 38.9 Å². The molecule has 2 aromatic carbocycles. The quantitative estimate of drug-likeness (QED) is 0.312. The highest BCUT2D eigenvalue weighted by Crippen LogP contribution is 2.40. The lowest BCUT2D eigenvalue weighted by Gasteiger charge is -2.37. The van der Waals surface area contributed by atoms with E-state index < -0.39 is 8.32 Å². The van der Waals surface area contributed by atoms with Gasteiger partial charge in [-0.25, -0.2) is 0 Å². The molecule has 0 N–H and O–H groups in total. The van der Waals surface area contributed by atoms with Crippen molar-refractivity contribution in [3.63, 3.8) is 0 Å². The van der Waals surface area contributed by atoms with E-state index in [1.807, 2.05) is 18.2 Å². The largest absolute Gasteiger partial charge is 0.543 e. The van der Waals surface area contributed by atoms with E-state index in [9.17, 15) is 0 Å². The van der Waals surface area contributed by atoms with E-state index in [1.54, 1.807) is 0 Å². The SMILES string of the molecule is CC(C)(C)[Si](C)(C)O/C(=C\c1ccccc1Br)c1ccccc1. The van der Waals surface area contributed by atoms with Gasteiger partial charge in [-0.05, 0) is 35.8 Å². The van der Waals surface area contributed by atoms with Gasteiger partial charge in [0.2, 0.25) is 0 Å². The highest BCUT2D eigenvalue weighted by molar-refractivity contribution is 9.10. The molecule has 0 aliphatic carbocycles. The minimum Gasteiger partial charge on any atom is -0.543 e. The van der Waals surface area contributed by atoms with Gasteiger partial charge in [-0.15, -0.1) is 0 Å². The predicted molar refractivity (Wildman–Crippen MR) is 107 cm³/mol. The molecule has 23 heavy (non-hydrogen) atoms. The first kappa shape index (κ1) is 18.0. The van der Waals surface area contributed by atoms with Crippen molar-refractivity contribution in [3.8, 4) is 0 Å². The molecule has 2 rings (SSSR count). The Labute approximate surface area is 149 Å². The summed E-state index contributed by atoms with van der Waals surface area (Å²) in [5.74, 6) is 0.948. The van der Waals surface area contributed by atoms with E-state index in [1.165, 1.54) is 0 Å². The second-order valence-electron chi connectivity index (χ2n) is 7.26. The lowest BCUT2D eigenvalue weighted by Crippen LogP contribution is -2.40. The van der Waals surface area contributed by atoms with Crippen molar-refractivity contribution in [1.82, 2.24) is 0 Å². The number of halogens is 1. The molecule has 0 bridgehead atoms. The van der Waals surface area contributed by atoms with Crippen LogP contribution in [-0.2, 0) is 4.43 Å². The molecule has 1 nitrogen and oxygen atoms in total. The van der Waals surface area contributed by atoms with E-state index in [2.05, 4.69) is 92.3 Å². The topological polar surface area (TPSA) is 9.23 Å². The molecule has 122 valence electrons. The number of hydrogen-bond acceptors (Lipinski definition) is 1. The average Bonchev–Trinajstić information content (AvgIpc) is 2.48. The third-order valence-corrected chi connectivity index (χ3v) is 9.49. The summed E-state index contributed by atoms with van der Waals surface area (Å²) < 4.78 is 7.70. The first-order valence-electron chi connectivity index (χ1n) is 7.91. The first-order chi connectivity index (χ1) is 10.7. The normalized spacial score (nSPS) is 13.0. The van der Waals surface area contributed by atoms with Crippen LogP contribution in [0.25, 0.3) is 11.8 Å². The van der Waals surface area contributed by atoms with Gasteiger partial charge in [0.05, 0.1) is 0 Å². The maximum Gasteiger partial charge on any atom is 0.250 e. The Bertz CT molecular complexity index is 684. The molecule has 0 fully saturated rings. The Kier molecular flexibility index (Phi) is 5.53. The van der Waals surface area contributed by atoms with Gasteiger partial charge in [0.25, 0.3) is 8.32 Å². The van der Waals surface area contributed by atoms with Crippen molar-refractivity contribution in [2.24, 2.45) is 0 Å². The van der Waals surface area contributed by atoms with Gasteiger partial charge < -0.3 is 4.43 Å². The van der Waals surface area contributed by atoms with Crippen molar-refractivity contribution < 1.29 is 4.43 Å². The fourth-order valence-corrected chi connectivity index (χ4v) is 3.37. The van der Waals surface area contributed by atoms with Gasteiger partial charge in [0.15, 0.2) is 0 Å². The Morgan fingerprint density at radius 1 is 0.957 bits per heavy atom.